The summed E-state index contributed by atoms with van der Waals surface area (Å²) in [6, 6.07) is 34.0. The second-order valence-corrected chi connectivity index (χ2v) is 20.1. The molecule has 0 saturated carbocycles. The van der Waals surface area contributed by atoms with E-state index in [4.69, 9.17) is 23.7 Å². The molecule has 2 aliphatic rings. The van der Waals surface area contributed by atoms with E-state index in [0.29, 0.717) is 11.1 Å². The first-order valence-electron chi connectivity index (χ1n) is 24.0. The number of aliphatic hydroxyl groups excluding tert-OH is 1. The van der Waals surface area contributed by atoms with E-state index in [2.05, 4.69) is 30.6 Å². The van der Waals surface area contributed by atoms with E-state index in [1.807, 2.05) is 0 Å². The number of hydrogen-bond acceptors (Lipinski definition) is 18. The fourth-order valence-electron chi connectivity index (χ4n) is 9.21. The molecule has 2 amide bonds. The number of ether oxygens (including phenoxy) is 5. The van der Waals surface area contributed by atoms with Gasteiger partial charge in [-0.3, -0.25) is 23.5 Å². The molecule has 0 bridgehead atoms. The Hall–Kier alpha value is -8.51. The number of carbonyl (C=O) groups is 5. The minimum Gasteiger partial charge on any atom is -0.462 e. The summed E-state index contributed by atoms with van der Waals surface area (Å²) in [5.74, 6) is -6.78. The highest BCUT2D eigenvalue weighted by atomic mass is 32.2. The van der Waals surface area contributed by atoms with Crippen LogP contribution in [0.4, 0.5) is 11.6 Å². The Kier molecular flexibility index (Phi) is 16.1. The van der Waals surface area contributed by atoms with Crippen molar-refractivity contribution in [3.63, 3.8) is 0 Å². The van der Waals surface area contributed by atoms with E-state index >= 15 is 0 Å². The third kappa shape index (κ3) is 12.0. The second kappa shape index (κ2) is 23.4. The first kappa shape index (κ1) is 52.4. The van der Waals surface area contributed by atoms with Crippen LogP contribution in [0.2, 0.25) is 0 Å². The van der Waals surface area contributed by atoms with Crippen LogP contribution in [-0.2, 0) is 38.3 Å². The van der Waals surface area contributed by atoms with Gasteiger partial charge >= 0.3 is 23.6 Å². The average molecular weight is 1060 g/mol. The van der Waals surface area contributed by atoms with Gasteiger partial charge in [0.05, 0.1) is 47.1 Å². The van der Waals surface area contributed by atoms with E-state index < -0.39 is 119 Å². The highest BCUT2D eigenvalue weighted by molar-refractivity contribution is 7.91. The first-order valence-corrected chi connectivity index (χ1v) is 25.9. The highest BCUT2D eigenvalue weighted by Crippen LogP contribution is 2.42. The molecule has 0 unspecified atom stereocenters. The maximum atomic E-state index is 14.6. The summed E-state index contributed by atoms with van der Waals surface area (Å²) in [4.78, 5) is 97.1. The topological polar surface area (TPSA) is 288 Å². The van der Waals surface area contributed by atoms with Crippen molar-refractivity contribution in [3.8, 4) is 0 Å². The van der Waals surface area contributed by atoms with Gasteiger partial charge in [0.2, 0.25) is 0 Å². The zero-order valence-electron chi connectivity index (χ0n) is 40.6. The van der Waals surface area contributed by atoms with Gasteiger partial charge in [-0.2, -0.15) is 4.98 Å². The van der Waals surface area contributed by atoms with Gasteiger partial charge in [-0.25, -0.2) is 37.8 Å². The molecular weight excluding hydrogens is 1000 g/mol. The van der Waals surface area contributed by atoms with Gasteiger partial charge in [0.15, 0.2) is 51.5 Å². The SMILES string of the molecule is CC(=O)O[C@@H]1[C@H](CS(=O)(=O)CC[C@H]2O[C@@H](n3ccc(NC(=O)c4ccccc4)nc3=O)[C@H](OC(=O)c3ccccc3)[C@@H]2COC(=O)c2ccccc2)[C@@H](CCO)O[C@H]1n1cnc2c(NC(=O)c3ccccc3)ncnc21. The molecule has 9 rings (SSSR count). The monoisotopic (exact) mass is 1050 g/mol. The van der Waals surface area contributed by atoms with Crippen molar-refractivity contribution < 1.29 is 61.2 Å². The number of benzene rings is 4. The van der Waals surface area contributed by atoms with Crippen LogP contribution in [0.1, 0.15) is 73.7 Å². The third-order valence-electron chi connectivity index (χ3n) is 12.8. The van der Waals surface area contributed by atoms with E-state index in [1.54, 1.807) is 97.1 Å². The summed E-state index contributed by atoms with van der Waals surface area (Å²) in [5, 5.41) is 15.5. The fourth-order valence-corrected chi connectivity index (χ4v) is 11.0. The minimum atomic E-state index is -4.23. The molecule has 392 valence electrons. The van der Waals surface area contributed by atoms with Crippen LogP contribution < -0.4 is 16.3 Å². The number of sulfone groups is 1. The number of aromatic nitrogens is 6. The number of rotatable bonds is 19. The van der Waals surface area contributed by atoms with Gasteiger partial charge in [0.1, 0.15) is 18.8 Å². The quantitative estimate of drug-likeness (QED) is 0.0723. The van der Waals surface area contributed by atoms with Gasteiger partial charge in [0.25, 0.3) is 11.8 Å². The van der Waals surface area contributed by atoms with E-state index in [-0.39, 0.29) is 46.8 Å². The molecule has 2 aliphatic heterocycles. The normalized spacial score (nSPS) is 21.1. The largest absolute Gasteiger partial charge is 0.462 e. The average Bonchev–Trinajstić information content (AvgIpc) is 4.13. The van der Waals surface area contributed by atoms with Crippen molar-refractivity contribution in [3.05, 3.63) is 179 Å². The summed E-state index contributed by atoms with van der Waals surface area (Å²) in [7, 11) is -4.23. The van der Waals surface area contributed by atoms with Gasteiger partial charge in [-0.15, -0.1) is 0 Å². The van der Waals surface area contributed by atoms with Crippen LogP contribution in [0.15, 0.2) is 151 Å². The number of amides is 2. The molecule has 0 radical (unpaired) electrons. The maximum absolute atomic E-state index is 14.6. The van der Waals surface area contributed by atoms with Crippen LogP contribution in [0, 0.1) is 11.8 Å². The Bertz CT molecular complexity index is 3390. The summed E-state index contributed by atoms with van der Waals surface area (Å²) in [6.07, 6.45) is -4.11. The van der Waals surface area contributed by atoms with Crippen molar-refractivity contribution in [2.75, 3.05) is 35.4 Å². The minimum absolute atomic E-state index is 0.0668. The molecule has 8 atom stereocenters. The molecule has 2 fully saturated rings. The van der Waals surface area contributed by atoms with Crippen molar-refractivity contribution in [2.45, 2.75) is 56.6 Å². The number of aliphatic hydroxyl groups is 1. The lowest BCUT2D eigenvalue weighted by Gasteiger charge is -2.25. The molecule has 3 N–H and O–H groups in total. The van der Waals surface area contributed by atoms with Crippen molar-refractivity contribution in [1.29, 1.82) is 0 Å². The van der Waals surface area contributed by atoms with E-state index in [0.717, 1.165) is 11.5 Å². The molecule has 22 nitrogen and oxygen atoms in total. The highest BCUT2D eigenvalue weighted by Gasteiger charge is 2.52. The van der Waals surface area contributed by atoms with Crippen molar-refractivity contribution >= 4 is 62.4 Å². The lowest BCUT2D eigenvalue weighted by Crippen LogP contribution is -2.39. The van der Waals surface area contributed by atoms with Crippen molar-refractivity contribution in [1.82, 2.24) is 29.1 Å². The lowest BCUT2D eigenvalue weighted by molar-refractivity contribution is -0.153. The molecule has 3 aromatic heterocycles. The molecule has 23 heteroatoms. The summed E-state index contributed by atoms with van der Waals surface area (Å²) < 4.78 is 62.3. The number of nitrogens with zero attached hydrogens (tertiary/aromatic N) is 6. The van der Waals surface area contributed by atoms with Crippen LogP contribution >= 0.6 is 0 Å². The number of carbonyl (C=O) groups excluding carboxylic acids is 5. The number of esters is 3. The molecule has 7 aromatic rings. The van der Waals surface area contributed by atoms with Gasteiger partial charge in [-0.1, -0.05) is 72.8 Å². The van der Waals surface area contributed by atoms with Gasteiger partial charge in [0, 0.05) is 36.8 Å². The molecule has 0 spiro atoms. The number of nitrogens with one attached hydrogen (secondary N) is 2. The number of imidazole rings is 1. The zero-order valence-corrected chi connectivity index (χ0v) is 41.4. The standard InChI is InChI=1S/C53H50N8O14S/c1-32(63)72-44-38(39(23-26-62)73-50(44)61-31-56-42-45(54-30-55-46(42)61)59-48(65)34-16-8-3-9-17-34)29-76(69,70)27-24-40-37(28-71-51(66)35-18-10-4-11-19-35)43(75-52(67)36-20-12-5-13-21-36)49(74-40)60-25-22-41(58-53(60)68)57-47(64)33-14-6-2-7-15-33/h2-22,25,30-31,37-40,43-44,49-50,62H,23-24,26-29H2,1H3,(H,54,55,59,65)(H,57,58,64,68)/t37-,38-,39-,40-,43-,44-,49-,50-/m1/s1. The molecule has 5 heterocycles. The third-order valence-corrected chi connectivity index (χ3v) is 14.6. The van der Waals surface area contributed by atoms with Crippen molar-refractivity contribution in [2.24, 2.45) is 11.8 Å². The van der Waals surface area contributed by atoms with Crippen LogP contribution in [0.25, 0.3) is 11.2 Å². The van der Waals surface area contributed by atoms with Crippen LogP contribution in [0.5, 0.6) is 0 Å². The Morgan fingerprint density at radius 1 is 0.658 bits per heavy atom. The van der Waals surface area contributed by atoms with E-state index in [9.17, 15) is 42.3 Å². The smallest absolute Gasteiger partial charge is 0.351 e. The Morgan fingerprint density at radius 3 is 1.80 bits per heavy atom. The Balaban J connectivity index is 0.998. The van der Waals surface area contributed by atoms with Gasteiger partial charge in [-0.05, 0) is 67.4 Å². The summed E-state index contributed by atoms with van der Waals surface area (Å²) in [5.41, 5.74) is 0.380. The Labute approximate surface area is 433 Å². The molecule has 4 aromatic carbocycles. The second-order valence-electron chi connectivity index (χ2n) is 17.8. The maximum Gasteiger partial charge on any atom is 0.351 e. The molecule has 76 heavy (non-hydrogen) atoms. The number of fused-ring (bicyclic) bond motifs is 1. The molecule has 2 saturated heterocycles. The predicted octanol–water partition coefficient (Wildman–Crippen LogP) is 4.82. The van der Waals surface area contributed by atoms with Crippen LogP contribution in [0.3, 0.4) is 0 Å². The molecular formula is C53H50N8O14S. The zero-order chi connectivity index (χ0) is 53.3. The fraction of sp³-hybridized carbons (Fsp3) is 0.283. The summed E-state index contributed by atoms with van der Waals surface area (Å²) >= 11 is 0. The molecule has 0 aliphatic carbocycles. The predicted molar refractivity (Wildman–Crippen MR) is 270 cm³/mol. The number of anilines is 2. The van der Waals surface area contributed by atoms with Gasteiger partial charge < -0.3 is 39.4 Å². The first-order chi connectivity index (χ1) is 36.8. The van der Waals surface area contributed by atoms with Crippen LogP contribution in [-0.4, -0.2) is 121 Å². The Morgan fingerprint density at radius 2 is 1.21 bits per heavy atom. The van der Waals surface area contributed by atoms with E-state index in [1.165, 1.54) is 53.8 Å². The summed E-state index contributed by atoms with van der Waals surface area (Å²) in [6.45, 7) is 0.254. The number of hydrogen-bond donors (Lipinski definition) is 3. The lowest BCUT2D eigenvalue weighted by atomic mass is 9.96.